The maximum Gasteiger partial charge on any atom is 0.0477 e. The Morgan fingerprint density at radius 3 is 1.36 bits per heavy atom. The fourth-order valence-corrected chi connectivity index (χ4v) is 4.44. The van der Waals surface area contributed by atoms with Crippen LogP contribution in [-0.4, -0.2) is 27.2 Å². The Hall–Kier alpha value is -1.70. The van der Waals surface area contributed by atoms with Gasteiger partial charge in [-0.2, -0.15) is 0 Å². The molecule has 1 aliphatic rings. The van der Waals surface area contributed by atoms with E-state index in [1.54, 1.807) is 0 Å². The van der Waals surface area contributed by atoms with Crippen molar-refractivity contribution in [3.63, 3.8) is 0 Å². The van der Waals surface area contributed by atoms with E-state index in [-0.39, 0.29) is 0 Å². The molecule has 0 aromatic heterocycles. The first-order chi connectivity index (χ1) is 12.1. The minimum absolute atomic E-state index is 1.15. The normalized spacial score (nSPS) is 17.6. The van der Waals surface area contributed by atoms with Crippen LogP contribution in [0, 0.1) is 13.8 Å². The van der Waals surface area contributed by atoms with Crippen LogP contribution in [0.25, 0.3) is 10.8 Å². The molecule has 0 atom stereocenters. The smallest absolute Gasteiger partial charge is 0.0477 e. The molecule has 1 heterocycles. The molecule has 1 aliphatic heterocycles. The van der Waals surface area contributed by atoms with Gasteiger partial charge in [-0.3, -0.25) is 0 Å². The van der Waals surface area contributed by atoms with Crippen molar-refractivity contribution in [2.24, 2.45) is 0 Å². The maximum absolute atomic E-state index is 2.49. The van der Waals surface area contributed by atoms with Crippen molar-refractivity contribution < 1.29 is 0 Å². The second-order valence-electron chi connectivity index (χ2n) is 7.81. The largest absolute Gasteiger partial charge is 0.374 e. The highest BCUT2D eigenvalue weighted by molar-refractivity contribution is 6.05. The Morgan fingerprint density at radius 1 is 0.600 bits per heavy atom. The Labute approximate surface area is 153 Å². The van der Waals surface area contributed by atoms with E-state index in [2.05, 4.69) is 62.0 Å². The van der Waals surface area contributed by atoms with Gasteiger partial charge < -0.3 is 9.80 Å². The van der Waals surface area contributed by atoms with E-state index in [4.69, 9.17) is 0 Å². The molecule has 0 amide bonds. The molecule has 2 aromatic rings. The first-order valence-corrected chi connectivity index (χ1v) is 10.1. The van der Waals surface area contributed by atoms with E-state index in [1.807, 2.05) is 0 Å². The number of rotatable bonds is 0. The second kappa shape index (κ2) is 8.12. The van der Waals surface area contributed by atoms with E-state index in [1.165, 1.54) is 78.2 Å². The van der Waals surface area contributed by atoms with Gasteiger partial charge in [0.25, 0.3) is 0 Å². The van der Waals surface area contributed by atoms with Crippen LogP contribution in [0.4, 0.5) is 11.4 Å². The Morgan fingerprint density at radius 2 is 0.960 bits per heavy atom. The average Bonchev–Trinajstić information content (AvgIpc) is 2.61. The average molecular weight is 339 g/mol. The predicted molar refractivity (Wildman–Crippen MR) is 112 cm³/mol. The molecule has 0 fully saturated rings. The summed E-state index contributed by atoms with van der Waals surface area (Å²) in [5.41, 5.74) is 5.75. The van der Waals surface area contributed by atoms with Gasteiger partial charge in [0, 0.05) is 49.3 Å². The van der Waals surface area contributed by atoms with Crippen LogP contribution in [0.5, 0.6) is 0 Å². The minimum Gasteiger partial charge on any atom is -0.374 e. The Balaban J connectivity index is 2.13. The fraction of sp³-hybridized carbons (Fsp3) is 0.565. The molecule has 0 saturated heterocycles. The third kappa shape index (κ3) is 3.78. The highest BCUT2D eigenvalue weighted by Gasteiger charge is 2.19. The van der Waals surface area contributed by atoms with Crippen molar-refractivity contribution in [3.8, 4) is 0 Å². The van der Waals surface area contributed by atoms with Crippen molar-refractivity contribution in [2.75, 3.05) is 37.0 Å². The maximum atomic E-state index is 2.49. The van der Waals surface area contributed by atoms with Gasteiger partial charge in [0.1, 0.15) is 0 Å². The molecular formula is C23H34N2. The molecule has 25 heavy (non-hydrogen) atoms. The van der Waals surface area contributed by atoms with Crippen LogP contribution >= 0.6 is 0 Å². The first kappa shape index (κ1) is 18.1. The molecule has 0 aliphatic carbocycles. The summed E-state index contributed by atoms with van der Waals surface area (Å²) in [6.07, 6.45) is 9.49. The van der Waals surface area contributed by atoms with Gasteiger partial charge in [-0.15, -0.1) is 0 Å². The lowest BCUT2D eigenvalue weighted by molar-refractivity contribution is 0.579. The zero-order valence-corrected chi connectivity index (χ0v) is 16.6. The SMILES string of the molecule is Cc1c(C)c2c3ccccc3c1N(C)CCCCCCCCCN2C. The van der Waals surface area contributed by atoms with Crippen LogP contribution in [0.2, 0.25) is 0 Å². The Bertz CT molecular complexity index is 659. The second-order valence-corrected chi connectivity index (χ2v) is 7.81. The van der Waals surface area contributed by atoms with Crippen LogP contribution < -0.4 is 9.80 Å². The van der Waals surface area contributed by atoms with E-state index >= 15 is 0 Å². The zero-order chi connectivity index (χ0) is 17.8. The lowest BCUT2D eigenvalue weighted by atomic mass is 9.95. The summed E-state index contributed by atoms with van der Waals surface area (Å²) in [4.78, 5) is 4.99. The van der Waals surface area contributed by atoms with Gasteiger partial charge in [-0.1, -0.05) is 56.4 Å². The summed E-state index contributed by atoms with van der Waals surface area (Å²) in [6, 6.07) is 8.99. The van der Waals surface area contributed by atoms with Crippen molar-refractivity contribution >= 4 is 22.1 Å². The summed E-state index contributed by atoms with van der Waals surface area (Å²) in [5, 5.41) is 2.81. The van der Waals surface area contributed by atoms with Gasteiger partial charge >= 0.3 is 0 Å². The van der Waals surface area contributed by atoms with E-state index < -0.39 is 0 Å². The van der Waals surface area contributed by atoms with Crippen molar-refractivity contribution in [3.05, 3.63) is 35.4 Å². The van der Waals surface area contributed by atoms with Crippen molar-refractivity contribution in [1.29, 1.82) is 0 Å². The van der Waals surface area contributed by atoms with Gasteiger partial charge in [0.05, 0.1) is 0 Å². The Kier molecular flexibility index (Phi) is 5.88. The fourth-order valence-electron chi connectivity index (χ4n) is 4.44. The number of nitrogens with zero attached hydrogens (tertiary/aromatic N) is 2. The summed E-state index contributed by atoms with van der Waals surface area (Å²) in [5.74, 6) is 0. The van der Waals surface area contributed by atoms with E-state index in [0.29, 0.717) is 0 Å². The highest BCUT2D eigenvalue weighted by atomic mass is 15.1. The van der Waals surface area contributed by atoms with Gasteiger partial charge in [-0.25, -0.2) is 0 Å². The summed E-state index contributed by atoms with van der Waals surface area (Å²) < 4.78 is 0. The lowest BCUT2D eigenvalue weighted by Gasteiger charge is -2.30. The molecule has 0 N–H and O–H groups in total. The topological polar surface area (TPSA) is 6.48 Å². The summed E-state index contributed by atoms with van der Waals surface area (Å²) in [7, 11) is 4.55. The lowest BCUT2D eigenvalue weighted by Crippen LogP contribution is -2.23. The standard InChI is InChI=1S/C23H34N2/c1-18-19(2)23-21-15-11-10-14-20(21)22(18)24(3)16-12-8-6-5-7-9-13-17-25(23)4/h10-11,14-15H,5-9,12-13,16-17H2,1-4H3. The molecule has 2 heteroatoms. The quantitative estimate of drug-likeness (QED) is 0.575. The van der Waals surface area contributed by atoms with Gasteiger partial charge in [-0.05, 0) is 37.8 Å². The van der Waals surface area contributed by atoms with E-state index in [9.17, 15) is 0 Å². The number of benzene rings is 2. The summed E-state index contributed by atoms with van der Waals surface area (Å²) in [6.45, 7) is 6.92. The number of hydrogen-bond donors (Lipinski definition) is 0. The number of hydrogen-bond acceptors (Lipinski definition) is 2. The third-order valence-corrected chi connectivity index (χ3v) is 5.96. The van der Waals surface area contributed by atoms with Crippen LogP contribution in [0.15, 0.2) is 24.3 Å². The van der Waals surface area contributed by atoms with Gasteiger partial charge in [0.2, 0.25) is 0 Å². The molecule has 2 aromatic carbocycles. The monoisotopic (exact) mass is 338 g/mol. The van der Waals surface area contributed by atoms with E-state index in [0.717, 1.165) is 13.1 Å². The molecule has 3 rings (SSSR count). The molecule has 0 saturated carbocycles. The molecule has 0 spiro atoms. The number of anilines is 2. The van der Waals surface area contributed by atoms with Crippen LogP contribution in [0.3, 0.4) is 0 Å². The minimum atomic E-state index is 1.15. The molecule has 136 valence electrons. The molecular weight excluding hydrogens is 304 g/mol. The van der Waals surface area contributed by atoms with Crippen molar-refractivity contribution in [2.45, 2.75) is 58.8 Å². The molecule has 2 bridgehead atoms. The van der Waals surface area contributed by atoms with Crippen LogP contribution in [0.1, 0.15) is 56.1 Å². The third-order valence-electron chi connectivity index (χ3n) is 5.96. The summed E-state index contributed by atoms with van der Waals surface area (Å²) >= 11 is 0. The van der Waals surface area contributed by atoms with Crippen LogP contribution in [-0.2, 0) is 0 Å². The highest BCUT2D eigenvalue weighted by Crippen LogP contribution is 2.40. The molecule has 0 radical (unpaired) electrons. The predicted octanol–water partition coefficient (Wildman–Crippen LogP) is 6.07. The molecule has 2 nitrogen and oxygen atoms in total. The zero-order valence-electron chi connectivity index (χ0n) is 16.6. The van der Waals surface area contributed by atoms with Crippen molar-refractivity contribution in [1.82, 2.24) is 0 Å². The first-order valence-electron chi connectivity index (χ1n) is 10.1. The van der Waals surface area contributed by atoms with Gasteiger partial charge in [0.15, 0.2) is 0 Å². The molecule has 0 unspecified atom stereocenters.